The molecule has 2 aliphatic rings. The minimum atomic E-state index is -0.186. The maximum absolute atomic E-state index is 12.1. The van der Waals surface area contributed by atoms with Crippen LogP contribution in [0.2, 0.25) is 0 Å². The van der Waals surface area contributed by atoms with Gasteiger partial charge in [-0.15, -0.1) is 0 Å². The van der Waals surface area contributed by atoms with E-state index >= 15 is 0 Å². The summed E-state index contributed by atoms with van der Waals surface area (Å²) in [5.74, 6) is -0.0328. The summed E-state index contributed by atoms with van der Waals surface area (Å²) in [6, 6.07) is 0.151. The summed E-state index contributed by atoms with van der Waals surface area (Å²) in [5, 5.41) is 3.40. The Hall–Kier alpha value is -0.940. The molecule has 0 radical (unpaired) electrons. The molecule has 2 fully saturated rings. The fraction of sp³-hybridized carbons (Fsp3) is 0.857. The third-order valence-corrected chi connectivity index (χ3v) is 4.44. The average Bonchev–Trinajstić information content (AvgIpc) is 2.98. The lowest BCUT2D eigenvalue weighted by Crippen LogP contribution is -2.48. The first kappa shape index (κ1) is 14.5. The smallest absolute Gasteiger partial charge is 0.232 e. The van der Waals surface area contributed by atoms with Crippen LogP contribution in [-0.2, 0) is 14.3 Å². The zero-order chi connectivity index (χ0) is 14.0. The van der Waals surface area contributed by atoms with Crippen molar-refractivity contribution < 1.29 is 14.3 Å². The summed E-state index contributed by atoms with van der Waals surface area (Å²) in [7, 11) is 0. The molecule has 0 bridgehead atoms. The van der Waals surface area contributed by atoms with Gasteiger partial charge >= 0.3 is 0 Å². The Morgan fingerprint density at radius 3 is 2.42 bits per heavy atom. The third-order valence-electron chi connectivity index (χ3n) is 4.44. The van der Waals surface area contributed by atoms with Gasteiger partial charge in [0.15, 0.2) is 0 Å². The molecular formula is C14H24N2O3. The maximum Gasteiger partial charge on any atom is 0.232 e. The summed E-state index contributed by atoms with van der Waals surface area (Å²) in [4.78, 5) is 25.7. The van der Waals surface area contributed by atoms with Gasteiger partial charge in [-0.1, -0.05) is 20.8 Å². The molecule has 0 aromatic carbocycles. The Kier molecular flexibility index (Phi) is 4.58. The van der Waals surface area contributed by atoms with Gasteiger partial charge in [-0.3, -0.25) is 14.5 Å². The predicted octanol–water partition coefficient (Wildman–Crippen LogP) is 0.642. The van der Waals surface area contributed by atoms with E-state index in [0.717, 1.165) is 26.2 Å². The van der Waals surface area contributed by atoms with E-state index in [4.69, 9.17) is 4.74 Å². The SMILES string of the molecule is CCNC(CN1C(=O)C(C)C(C)C1=O)C1CCOC1. The predicted molar refractivity (Wildman–Crippen MR) is 71.4 cm³/mol. The second kappa shape index (κ2) is 6.01. The number of rotatable bonds is 5. The van der Waals surface area contributed by atoms with Crippen LogP contribution in [0.3, 0.4) is 0 Å². The normalized spacial score (nSPS) is 33.2. The second-order valence-corrected chi connectivity index (χ2v) is 5.65. The van der Waals surface area contributed by atoms with Crippen LogP contribution < -0.4 is 5.32 Å². The van der Waals surface area contributed by atoms with Gasteiger partial charge in [-0.2, -0.15) is 0 Å². The summed E-state index contributed by atoms with van der Waals surface area (Å²) in [5.41, 5.74) is 0. The van der Waals surface area contributed by atoms with Crippen LogP contribution in [0.5, 0.6) is 0 Å². The Bertz CT molecular complexity index is 333. The molecule has 4 atom stereocenters. The van der Waals surface area contributed by atoms with E-state index in [0.29, 0.717) is 12.5 Å². The van der Waals surface area contributed by atoms with E-state index in [2.05, 4.69) is 5.32 Å². The molecule has 2 heterocycles. The monoisotopic (exact) mass is 268 g/mol. The number of likely N-dealkylation sites (tertiary alicyclic amines) is 1. The molecule has 0 spiro atoms. The average molecular weight is 268 g/mol. The van der Waals surface area contributed by atoms with Crippen molar-refractivity contribution in [2.75, 3.05) is 26.3 Å². The molecule has 5 heteroatoms. The lowest BCUT2D eigenvalue weighted by atomic mass is 9.98. The van der Waals surface area contributed by atoms with E-state index in [1.165, 1.54) is 4.90 Å². The second-order valence-electron chi connectivity index (χ2n) is 5.65. The zero-order valence-corrected chi connectivity index (χ0v) is 12.0. The molecule has 1 N–H and O–H groups in total. The largest absolute Gasteiger partial charge is 0.381 e. The first-order valence-electron chi connectivity index (χ1n) is 7.22. The zero-order valence-electron chi connectivity index (χ0n) is 12.0. The van der Waals surface area contributed by atoms with E-state index in [1.54, 1.807) is 0 Å². The molecule has 2 amide bonds. The summed E-state index contributed by atoms with van der Waals surface area (Å²) in [6.45, 7) is 8.54. The highest BCUT2D eigenvalue weighted by atomic mass is 16.5. The van der Waals surface area contributed by atoms with Crippen LogP contribution >= 0.6 is 0 Å². The van der Waals surface area contributed by atoms with Crippen molar-refractivity contribution in [3.05, 3.63) is 0 Å². The number of ether oxygens (including phenoxy) is 1. The van der Waals surface area contributed by atoms with Gasteiger partial charge in [0.1, 0.15) is 0 Å². The minimum absolute atomic E-state index is 0.0284. The molecule has 4 unspecified atom stereocenters. The van der Waals surface area contributed by atoms with Crippen LogP contribution in [0.15, 0.2) is 0 Å². The maximum atomic E-state index is 12.1. The number of nitrogens with one attached hydrogen (secondary N) is 1. The Labute approximate surface area is 114 Å². The molecular weight excluding hydrogens is 244 g/mol. The van der Waals surface area contributed by atoms with Crippen molar-refractivity contribution in [1.82, 2.24) is 10.2 Å². The summed E-state index contributed by atoms with van der Waals surface area (Å²) < 4.78 is 5.42. The topological polar surface area (TPSA) is 58.6 Å². The third kappa shape index (κ3) is 2.82. The van der Waals surface area contributed by atoms with Crippen LogP contribution in [0, 0.1) is 17.8 Å². The number of nitrogens with zero attached hydrogens (tertiary/aromatic N) is 1. The molecule has 0 aromatic heterocycles. The first-order chi connectivity index (χ1) is 9.06. The van der Waals surface area contributed by atoms with E-state index < -0.39 is 0 Å². The quantitative estimate of drug-likeness (QED) is 0.744. The highest BCUT2D eigenvalue weighted by Crippen LogP contribution is 2.27. The van der Waals surface area contributed by atoms with Gasteiger partial charge in [0.25, 0.3) is 0 Å². The fourth-order valence-corrected chi connectivity index (χ4v) is 2.92. The van der Waals surface area contributed by atoms with Crippen molar-refractivity contribution >= 4 is 11.8 Å². The van der Waals surface area contributed by atoms with Gasteiger partial charge < -0.3 is 10.1 Å². The Morgan fingerprint density at radius 1 is 1.32 bits per heavy atom. The van der Waals surface area contributed by atoms with Gasteiger partial charge in [-0.25, -0.2) is 0 Å². The van der Waals surface area contributed by atoms with Gasteiger partial charge in [0, 0.05) is 36.9 Å². The summed E-state index contributed by atoms with van der Waals surface area (Å²) >= 11 is 0. The lowest BCUT2D eigenvalue weighted by molar-refractivity contribution is -0.140. The van der Waals surface area contributed by atoms with Crippen LogP contribution in [0.1, 0.15) is 27.2 Å². The van der Waals surface area contributed by atoms with Crippen LogP contribution in [0.4, 0.5) is 0 Å². The standard InChI is InChI=1S/C14H24N2O3/c1-4-15-12(11-5-6-19-8-11)7-16-13(17)9(2)10(3)14(16)18/h9-12,15H,4-8H2,1-3H3. The van der Waals surface area contributed by atoms with Crippen LogP contribution in [0.25, 0.3) is 0 Å². The lowest BCUT2D eigenvalue weighted by Gasteiger charge is -2.27. The summed E-state index contributed by atoms with van der Waals surface area (Å²) in [6.07, 6.45) is 0.999. The van der Waals surface area contributed by atoms with E-state index in [1.807, 2.05) is 20.8 Å². The molecule has 19 heavy (non-hydrogen) atoms. The van der Waals surface area contributed by atoms with E-state index in [9.17, 15) is 9.59 Å². The van der Waals surface area contributed by atoms with Crippen molar-refractivity contribution in [2.45, 2.75) is 33.2 Å². The first-order valence-corrected chi connectivity index (χ1v) is 7.22. The molecule has 2 rings (SSSR count). The molecule has 0 saturated carbocycles. The van der Waals surface area contributed by atoms with E-state index in [-0.39, 0.29) is 29.7 Å². The Balaban J connectivity index is 2.04. The van der Waals surface area contributed by atoms with Gasteiger partial charge in [-0.05, 0) is 13.0 Å². The van der Waals surface area contributed by atoms with Crippen molar-refractivity contribution in [2.24, 2.45) is 17.8 Å². The van der Waals surface area contributed by atoms with Crippen molar-refractivity contribution in [1.29, 1.82) is 0 Å². The number of imide groups is 1. The minimum Gasteiger partial charge on any atom is -0.381 e. The number of likely N-dealkylation sites (N-methyl/N-ethyl adjacent to an activating group) is 1. The van der Waals surface area contributed by atoms with Crippen molar-refractivity contribution in [3.8, 4) is 0 Å². The molecule has 0 aliphatic carbocycles. The number of carbonyl (C=O) groups excluding carboxylic acids is 2. The highest BCUT2D eigenvalue weighted by Gasteiger charge is 2.43. The molecule has 0 aromatic rings. The molecule has 108 valence electrons. The number of carbonyl (C=O) groups is 2. The molecule has 5 nitrogen and oxygen atoms in total. The van der Waals surface area contributed by atoms with Gasteiger partial charge in [0.05, 0.1) is 6.61 Å². The molecule has 2 aliphatic heterocycles. The highest BCUT2D eigenvalue weighted by molar-refractivity contribution is 6.04. The van der Waals surface area contributed by atoms with Gasteiger partial charge in [0.2, 0.25) is 11.8 Å². The Morgan fingerprint density at radius 2 is 1.95 bits per heavy atom. The fourth-order valence-electron chi connectivity index (χ4n) is 2.92. The number of hydrogen-bond donors (Lipinski definition) is 1. The number of amides is 2. The molecule has 2 saturated heterocycles. The van der Waals surface area contributed by atoms with Crippen LogP contribution in [-0.4, -0.2) is 49.1 Å². The van der Waals surface area contributed by atoms with Crippen molar-refractivity contribution in [3.63, 3.8) is 0 Å². The number of hydrogen-bond acceptors (Lipinski definition) is 4.